The quantitative estimate of drug-likeness (QED) is 0.840. The van der Waals surface area contributed by atoms with E-state index in [0.717, 1.165) is 5.56 Å². The predicted molar refractivity (Wildman–Crippen MR) is 79.9 cm³/mol. The molecule has 1 aromatic carbocycles. The van der Waals surface area contributed by atoms with Crippen LogP contribution in [0, 0.1) is 19.3 Å². The van der Waals surface area contributed by atoms with Gasteiger partial charge in [0.1, 0.15) is 6.04 Å². The monoisotopic (exact) mass is 306 g/mol. The molecular formula is C15H18N2O3S. The third-order valence-corrected chi connectivity index (χ3v) is 5.42. The Labute approximate surface area is 125 Å². The van der Waals surface area contributed by atoms with Gasteiger partial charge in [0, 0.05) is 6.54 Å². The number of terminal acetylenes is 1. The van der Waals surface area contributed by atoms with Crippen LogP contribution in [-0.4, -0.2) is 37.8 Å². The lowest BCUT2D eigenvalue weighted by atomic mass is 10.2. The fourth-order valence-electron chi connectivity index (χ4n) is 2.39. The number of rotatable bonds is 4. The molecule has 1 fully saturated rings. The molecule has 1 amide bonds. The molecule has 0 bridgehead atoms. The minimum Gasteiger partial charge on any atom is -0.344 e. The summed E-state index contributed by atoms with van der Waals surface area (Å²) in [6.45, 7) is 2.35. The molecule has 1 unspecified atom stereocenters. The largest absolute Gasteiger partial charge is 0.344 e. The highest BCUT2D eigenvalue weighted by molar-refractivity contribution is 7.89. The van der Waals surface area contributed by atoms with Gasteiger partial charge in [-0.1, -0.05) is 23.6 Å². The van der Waals surface area contributed by atoms with Crippen LogP contribution in [-0.2, 0) is 14.8 Å². The zero-order valence-corrected chi connectivity index (χ0v) is 12.7. The van der Waals surface area contributed by atoms with Gasteiger partial charge >= 0.3 is 0 Å². The normalized spacial score (nSPS) is 19.1. The number of amides is 1. The average molecular weight is 306 g/mol. The summed E-state index contributed by atoms with van der Waals surface area (Å²) in [6.07, 6.45) is 6.29. The maximum atomic E-state index is 12.6. The molecular weight excluding hydrogens is 288 g/mol. The van der Waals surface area contributed by atoms with Crippen LogP contribution in [0.25, 0.3) is 0 Å². The van der Waals surface area contributed by atoms with Crippen molar-refractivity contribution in [2.75, 3.05) is 13.1 Å². The van der Waals surface area contributed by atoms with Crippen molar-refractivity contribution in [2.45, 2.75) is 30.7 Å². The summed E-state index contributed by atoms with van der Waals surface area (Å²) < 4.78 is 26.5. The lowest BCUT2D eigenvalue weighted by molar-refractivity contribution is -0.123. The molecule has 0 saturated carbocycles. The minimum atomic E-state index is -3.65. The molecule has 1 atom stereocenters. The van der Waals surface area contributed by atoms with Crippen molar-refractivity contribution in [3.05, 3.63) is 29.8 Å². The van der Waals surface area contributed by atoms with Crippen LogP contribution >= 0.6 is 0 Å². The summed E-state index contributed by atoms with van der Waals surface area (Å²) in [4.78, 5) is 12.2. The first-order valence-corrected chi connectivity index (χ1v) is 8.20. The summed E-state index contributed by atoms with van der Waals surface area (Å²) in [5.41, 5.74) is 0.985. The SMILES string of the molecule is C#CCNC(=O)C1CCCN1S(=O)(=O)c1ccc(C)cc1. The molecule has 1 aromatic rings. The average Bonchev–Trinajstić information content (AvgIpc) is 2.95. The number of sulfonamides is 1. The van der Waals surface area contributed by atoms with E-state index in [9.17, 15) is 13.2 Å². The van der Waals surface area contributed by atoms with Gasteiger partial charge < -0.3 is 5.32 Å². The van der Waals surface area contributed by atoms with Crippen LogP contribution in [0.4, 0.5) is 0 Å². The van der Waals surface area contributed by atoms with Gasteiger partial charge in [-0.15, -0.1) is 6.42 Å². The zero-order valence-electron chi connectivity index (χ0n) is 11.9. The number of benzene rings is 1. The maximum Gasteiger partial charge on any atom is 0.243 e. The number of hydrogen-bond acceptors (Lipinski definition) is 3. The molecule has 5 nitrogen and oxygen atoms in total. The molecule has 1 aliphatic rings. The maximum absolute atomic E-state index is 12.6. The van der Waals surface area contributed by atoms with Gasteiger partial charge in [0.05, 0.1) is 11.4 Å². The van der Waals surface area contributed by atoms with E-state index >= 15 is 0 Å². The molecule has 0 radical (unpaired) electrons. The minimum absolute atomic E-state index is 0.105. The molecule has 21 heavy (non-hydrogen) atoms. The fourth-order valence-corrected chi connectivity index (χ4v) is 4.05. The number of carbonyl (C=O) groups is 1. The van der Waals surface area contributed by atoms with E-state index in [0.29, 0.717) is 19.4 Å². The summed E-state index contributed by atoms with van der Waals surface area (Å²) in [5, 5.41) is 2.56. The molecule has 1 heterocycles. The Morgan fingerprint density at radius 3 is 2.71 bits per heavy atom. The van der Waals surface area contributed by atoms with Gasteiger partial charge in [-0.2, -0.15) is 4.31 Å². The van der Waals surface area contributed by atoms with Gasteiger partial charge in [-0.25, -0.2) is 8.42 Å². The first-order valence-electron chi connectivity index (χ1n) is 6.76. The first kappa shape index (κ1) is 15.5. The Balaban J connectivity index is 2.24. The Hall–Kier alpha value is -1.84. The van der Waals surface area contributed by atoms with Gasteiger partial charge in [0.25, 0.3) is 0 Å². The second-order valence-corrected chi connectivity index (χ2v) is 6.90. The van der Waals surface area contributed by atoms with E-state index < -0.39 is 16.1 Å². The number of carbonyl (C=O) groups excluding carboxylic acids is 1. The van der Waals surface area contributed by atoms with Crippen LogP contribution in [0.2, 0.25) is 0 Å². The molecule has 6 heteroatoms. The second kappa shape index (κ2) is 6.29. The zero-order chi connectivity index (χ0) is 15.5. The molecule has 1 N–H and O–H groups in total. The van der Waals surface area contributed by atoms with E-state index in [4.69, 9.17) is 6.42 Å². The van der Waals surface area contributed by atoms with Gasteiger partial charge in [-0.05, 0) is 31.9 Å². The van der Waals surface area contributed by atoms with E-state index in [2.05, 4.69) is 11.2 Å². The smallest absolute Gasteiger partial charge is 0.243 e. The molecule has 0 aliphatic carbocycles. The lowest BCUT2D eigenvalue weighted by Gasteiger charge is -2.23. The molecule has 0 spiro atoms. The molecule has 1 aliphatic heterocycles. The van der Waals surface area contributed by atoms with Crippen molar-refractivity contribution in [1.29, 1.82) is 0 Å². The Morgan fingerprint density at radius 1 is 1.43 bits per heavy atom. The Kier molecular flexibility index (Phi) is 4.66. The summed E-state index contributed by atoms with van der Waals surface area (Å²) in [5.74, 6) is 1.98. The standard InChI is InChI=1S/C15H18N2O3S/c1-3-10-16-15(18)14-5-4-11-17(14)21(19,20)13-8-6-12(2)7-9-13/h1,6-9,14H,4-5,10-11H2,2H3,(H,16,18). The highest BCUT2D eigenvalue weighted by Gasteiger charge is 2.39. The molecule has 0 aromatic heterocycles. The Morgan fingerprint density at radius 2 is 2.10 bits per heavy atom. The summed E-state index contributed by atoms with van der Waals surface area (Å²) in [7, 11) is -3.65. The molecule has 2 rings (SSSR count). The molecule has 1 saturated heterocycles. The summed E-state index contributed by atoms with van der Waals surface area (Å²) >= 11 is 0. The van der Waals surface area contributed by atoms with Crippen molar-refractivity contribution in [2.24, 2.45) is 0 Å². The highest BCUT2D eigenvalue weighted by Crippen LogP contribution is 2.26. The third kappa shape index (κ3) is 3.26. The van der Waals surface area contributed by atoms with Crippen LogP contribution in [0.5, 0.6) is 0 Å². The van der Waals surface area contributed by atoms with Crippen LogP contribution in [0.1, 0.15) is 18.4 Å². The van der Waals surface area contributed by atoms with E-state index in [1.54, 1.807) is 24.3 Å². The highest BCUT2D eigenvalue weighted by atomic mass is 32.2. The van der Waals surface area contributed by atoms with E-state index in [1.807, 2.05) is 6.92 Å². The fraction of sp³-hybridized carbons (Fsp3) is 0.400. The van der Waals surface area contributed by atoms with Crippen molar-refractivity contribution < 1.29 is 13.2 Å². The third-order valence-electron chi connectivity index (χ3n) is 3.50. The van der Waals surface area contributed by atoms with Crippen LogP contribution in [0.15, 0.2) is 29.2 Å². The Bertz CT molecular complexity index is 659. The number of nitrogens with one attached hydrogen (secondary N) is 1. The van der Waals surface area contributed by atoms with Crippen LogP contribution in [0.3, 0.4) is 0 Å². The number of nitrogens with zero attached hydrogens (tertiary/aromatic N) is 1. The molecule has 112 valence electrons. The summed E-state index contributed by atoms with van der Waals surface area (Å²) in [6, 6.07) is 5.95. The van der Waals surface area contributed by atoms with Gasteiger partial charge in [-0.3, -0.25) is 4.79 Å². The van der Waals surface area contributed by atoms with Crippen LogP contribution < -0.4 is 5.32 Å². The number of hydrogen-bond donors (Lipinski definition) is 1. The van der Waals surface area contributed by atoms with Crippen molar-refractivity contribution in [1.82, 2.24) is 9.62 Å². The second-order valence-electron chi connectivity index (χ2n) is 5.01. The number of aryl methyl sites for hydroxylation is 1. The van der Waals surface area contributed by atoms with Crippen molar-refractivity contribution >= 4 is 15.9 Å². The van der Waals surface area contributed by atoms with Gasteiger partial charge in [0.15, 0.2) is 0 Å². The topological polar surface area (TPSA) is 66.5 Å². The van der Waals surface area contributed by atoms with Crippen molar-refractivity contribution in [3.63, 3.8) is 0 Å². The predicted octanol–water partition coefficient (Wildman–Crippen LogP) is 0.898. The lowest BCUT2D eigenvalue weighted by Crippen LogP contribution is -2.45. The van der Waals surface area contributed by atoms with E-state index in [1.165, 1.54) is 4.31 Å². The van der Waals surface area contributed by atoms with Gasteiger partial charge in [0.2, 0.25) is 15.9 Å². The van der Waals surface area contributed by atoms with E-state index in [-0.39, 0.29) is 17.3 Å². The van der Waals surface area contributed by atoms with Crippen molar-refractivity contribution in [3.8, 4) is 12.3 Å². The first-order chi connectivity index (χ1) is 9.96.